The Kier molecular flexibility index (Phi) is 5.70. The molecule has 0 unspecified atom stereocenters. The zero-order valence-corrected chi connectivity index (χ0v) is 15.0. The van der Waals surface area contributed by atoms with Crippen molar-refractivity contribution >= 4 is 51.4 Å². The normalized spacial score (nSPS) is 10.3. The summed E-state index contributed by atoms with van der Waals surface area (Å²) in [5.74, 6) is 0.564. The van der Waals surface area contributed by atoms with Gasteiger partial charge in [0.2, 0.25) is 5.13 Å². The van der Waals surface area contributed by atoms with Crippen molar-refractivity contribution in [2.24, 2.45) is 0 Å². The number of anilines is 2. The second-order valence-electron chi connectivity index (χ2n) is 4.81. The summed E-state index contributed by atoms with van der Waals surface area (Å²) in [7, 11) is 0. The van der Waals surface area contributed by atoms with Crippen LogP contribution < -0.4 is 15.4 Å². The molecule has 0 aliphatic rings. The van der Waals surface area contributed by atoms with Gasteiger partial charge in [0.15, 0.2) is 5.01 Å². The van der Waals surface area contributed by atoms with E-state index in [1.54, 1.807) is 36.4 Å². The van der Waals surface area contributed by atoms with Gasteiger partial charge in [0.25, 0.3) is 0 Å². The number of halogens is 2. The first kappa shape index (κ1) is 17.5. The van der Waals surface area contributed by atoms with Gasteiger partial charge in [0, 0.05) is 10.7 Å². The molecule has 2 N–H and O–H groups in total. The van der Waals surface area contributed by atoms with Gasteiger partial charge in [0.05, 0.1) is 5.02 Å². The molecule has 0 saturated carbocycles. The van der Waals surface area contributed by atoms with Crippen molar-refractivity contribution in [1.29, 1.82) is 0 Å². The highest BCUT2D eigenvalue weighted by molar-refractivity contribution is 7.15. The number of ether oxygens (including phenoxy) is 1. The second kappa shape index (κ2) is 8.15. The highest BCUT2D eigenvalue weighted by atomic mass is 35.5. The summed E-state index contributed by atoms with van der Waals surface area (Å²) in [6, 6.07) is 13.5. The Bertz CT molecular complexity index is 871. The number of hydrogen-bond acceptors (Lipinski definition) is 5. The third-order valence-electron chi connectivity index (χ3n) is 2.98. The molecule has 0 atom stereocenters. The minimum atomic E-state index is -0.419. The van der Waals surface area contributed by atoms with Crippen molar-refractivity contribution in [3.8, 4) is 5.75 Å². The fraction of sp³-hybridized carbons (Fsp3) is 0.0625. The molecule has 2 aromatic carbocycles. The van der Waals surface area contributed by atoms with E-state index < -0.39 is 6.03 Å². The van der Waals surface area contributed by atoms with Crippen molar-refractivity contribution in [3.63, 3.8) is 0 Å². The Morgan fingerprint density at radius 3 is 2.56 bits per heavy atom. The first-order valence-corrected chi connectivity index (χ1v) is 8.71. The van der Waals surface area contributed by atoms with Gasteiger partial charge in [-0.15, -0.1) is 10.2 Å². The van der Waals surface area contributed by atoms with Gasteiger partial charge in [-0.25, -0.2) is 4.79 Å². The van der Waals surface area contributed by atoms with Crippen molar-refractivity contribution in [2.75, 3.05) is 10.6 Å². The number of hydrogen-bond donors (Lipinski definition) is 2. The van der Waals surface area contributed by atoms with Crippen LogP contribution >= 0.6 is 34.5 Å². The van der Waals surface area contributed by atoms with E-state index in [9.17, 15) is 4.79 Å². The number of rotatable bonds is 5. The van der Waals surface area contributed by atoms with E-state index >= 15 is 0 Å². The molecule has 0 aliphatic carbocycles. The summed E-state index contributed by atoms with van der Waals surface area (Å²) in [5.41, 5.74) is 0.619. The molecule has 128 valence electrons. The summed E-state index contributed by atoms with van der Waals surface area (Å²) >= 11 is 13.0. The van der Waals surface area contributed by atoms with Crippen LogP contribution in [0.15, 0.2) is 48.5 Å². The quantitative estimate of drug-likeness (QED) is 0.633. The molecule has 2 amide bonds. The van der Waals surface area contributed by atoms with Crippen molar-refractivity contribution in [1.82, 2.24) is 10.2 Å². The Morgan fingerprint density at radius 1 is 1.04 bits per heavy atom. The highest BCUT2D eigenvalue weighted by Crippen LogP contribution is 2.25. The van der Waals surface area contributed by atoms with Gasteiger partial charge >= 0.3 is 6.03 Å². The van der Waals surface area contributed by atoms with Crippen LogP contribution in [0, 0.1) is 0 Å². The van der Waals surface area contributed by atoms with Crippen LogP contribution in [0.5, 0.6) is 5.75 Å². The summed E-state index contributed by atoms with van der Waals surface area (Å²) in [6.45, 7) is 0.210. The van der Waals surface area contributed by atoms with E-state index in [2.05, 4.69) is 20.8 Å². The van der Waals surface area contributed by atoms with Crippen LogP contribution in [-0.4, -0.2) is 16.2 Å². The molecule has 1 heterocycles. The van der Waals surface area contributed by atoms with Gasteiger partial charge in [-0.05, 0) is 36.4 Å². The number of benzene rings is 2. The number of carbonyl (C=O) groups is 1. The molecule has 3 aromatic rings. The molecule has 25 heavy (non-hydrogen) atoms. The lowest BCUT2D eigenvalue weighted by molar-refractivity contribution is 0.262. The third-order valence-corrected chi connectivity index (χ3v) is 4.35. The Labute approximate surface area is 157 Å². The lowest BCUT2D eigenvalue weighted by Crippen LogP contribution is -2.19. The molecule has 1 aromatic heterocycles. The summed E-state index contributed by atoms with van der Waals surface area (Å²) in [6.07, 6.45) is 0. The maximum atomic E-state index is 11.9. The largest absolute Gasteiger partial charge is 0.485 e. The maximum absolute atomic E-state index is 11.9. The summed E-state index contributed by atoms with van der Waals surface area (Å²) < 4.78 is 5.58. The van der Waals surface area contributed by atoms with Crippen LogP contribution in [0.25, 0.3) is 0 Å². The van der Waals surface area contributed by atoms with E-state index in [4.69, 9.17) is 27.9 Å². The maximum Gasteiger partial charge on any atom is 0.325 e. The van der Waals surface area contributed by atoms with Crippen LogP contribution in [0.2, 0.25) is 10.0 Å². The zero-order chi connectivity index (χ0) is 17.6. The molecule has 9 heteroatoms. The lowest BCUT2D eigenvalue weighted by Gasteiger charge is -2.05. The van der Waals surface area contributed by atoms with Crippen molar-refractivity contribution in [3.05, 3.63) is 63.6 Å². The number of aromatic nitrogens is 2. The smallest absolute Gasteiger partial charge is 0.325 e. The molecule has 3 rings (SSSR count). The van der Waals surface area contributed by atoms with E-state index in [1.165, 1.54) is 11.3 Å². The Balaban J connectivity index is 1.53. The molecule has 0 bridgehead atoms. The summed E-state index contributed by atoms with van der Waals surface area (Å²) in [4.78, 5) is 11.9. The number of nitrogens with one attached hydrogen (secondary N) is 2. The number of carbonyl (C=O) groups excluding carboxylic acids is 1. The Morgan fingerprint density at radius 2 is 1.80 bits per heavy atom. The van der Waals surface area contributed by atoms with Gasteiger partial charge < -0.3 is 10.1 Å². The number of nitrogens with zero attached hydrogens (tertiary/aromatic N) is 2. The molecule has 0 spiro atoms. The topological polar surface area (TPSA) is 76.1 Å². The van der Waals surface area contributed by atoms with Crippen molar-refractivity contribution < 1.29 is 9.53 Å². The first-order chi connectivity index (χ1) is 12.1. The molecule has 0 fully saturated rings. The second-order valence-corrected chi connectivity index (χ2v) is 6.71. The van der Waals surface area contributed by atoms with Gasteiger partial charge in [-0.2, -0.15) is 0 Å². The Hall–Kier alpha value is -2.35. The van der Waals surface area contributed by atoms with Gasteiger partial charge in [-0.3, -0.25) is 5.32 Å². The molecular weight excluding hydrogens is 383 g/mol. The minimum Gasteiger partial charge on any atom is -0.485 e. The first-order valence-electron chi connectivity index (χ1n) is 7.13. The van der Waals surface area contributed by atoms with E-state index in [0.29, 0.717) is 31.6 Å². The molecule has 0 radical (unpaired) electrons. The lowest BCUT2D eigenvalue weighted by atomic mass is 10.3. The predicted octanol–water partition coefficient (Wildman–Crippen LogP) is 5.07. The summed E-state index contributed by atoms with van der Waals surface area (Å²) in [5, 5.41) is 15.3. The monoisotopic (exact) mass is 394 g/mol. The van der Waals surface area contributed by atoms with Gasteiger partial charge in [-0.1, -0.05) is 46.7 Å². The van der Waals surface area contributed by atoms with Gasteiger partial charge in [0.1, 0.15) is 12.4 Å². The zero-order valence-electron chi connectivity index (χ0n) is 12.7. The average molecular weight is 395 g/mol. The number of urea groups is 1. The predicted molar refractivity (Wildman–Crippen MR) is 99.8 cm³/mol. The van der Waals surface area contributed by atoms with E-state index in [-0.39, 0.29) is 6.61 Å². The highest BCUT2D eigenvalue weighted by Gasteiger charge is 2.09. The minimum absolute atomic E-state index is 0.210. The van der Waals surface area contributed by atoms with Crippen LogP contribution in [0.1, 0.15) is 5.01 Å². The standard InChI is InChI=1S/C16H12Cl2N4O2S/c17-10-5-7-11(8-6-10)19-15(23)20-16-22-21-14(25-16)9-24-13-4-2-1-3-12(13)18/h1-8H,9H2,(H2,19,20,22,23). The molecule has 0 saturated heterocycles. The number of amides is 2. The molecular formula is C16H12Cl2N4O2S. The molecule has 6 nitrogen and oxygen atoms in total. The average Bonchev–Trinajstić information content (AvgIpc) is 3.03. The van der Waals surface area contributed by atoms with Crippen LogP contribution in [0.3, 0.4) is 0 Å². The van der Waals surface area contributed by atoms with E-state index in [0.717, 1.165) is 0 Å². The molecule has 0 aliphatic heterocycles. The fourth-order valence-electron chi connectivity index (χ4n) is 1.86. The number of para-hydroxylation sites is 1. The fourth-order valence-corrected chi connectivity index (χ4v) is 2.82. The van der Waals surface area contributed by atoms with Crippen LogP contribution in [-0.2, 0) is 6.61 Å². The van der Waals surface area contributed by atoms with Crippen molar-refractivity contribution in [2.45, 2.75) is 6.61 Å². The van der Waals surface area contributed by atoms with Crippen LogP contribution in [0.4, 0.5) is 15.6 Å². The SMILES string of the molecule is O=C(Nc1ccc(Cl)cc1)Nc1nnc(COc2ccccc2Cl)s1. The third kappa shape index (κ3) is 5.06. The van der Waals surface area contributed by atoms with E-state index in [1.807, 2.05) is 12.1 Å².